The molecule has 2 unspecified atom stereocenters. The molecular formula is C17H22N2O2. The predicted octanol–water partition coefficient (Wildman–Crippen LogP) is 3.16. The Bertz CT molecular complexity index is 591. The number of aryl methyl sites for hydroxylation is 2. The Morgan fingerprint density at radius 1 is 1.24 bits per heavy atom. The van der Waals surface area contributed by atoms with E-state index in [1.807, 2.05) is 26.0 Å². The van der Waals surface area contributed by atoms with Crippen LogP contribution in [0.15, 0.2) is 12.1 Å². The van der Waals surface area contributed by atoms with Crippen LogP contribution in [0.3, 0.4) is 0 Å². The number of pyridine rings is 1. The topological polar surface area (TPSA) is 50.3 Å². The lowest BCUT2D eigenvalue weighted by Crippen LogP contribution is -2.41. The Labute approximate surface area is 125 Å². The van der Waals surface area contributed by atoms with Crippen LogP contribution in [-0.4, -0.2) is 16.8 Å². The molecular weight excluding hydrogens is 264 g/mol. The lowest BCUT2D eigenvalue weighted by Gasteiger charge is -2.36. The molecule has 1 aromatic rings. The molecule has 4 heteroatoms. The second kappa shape index (κ2) is 4.93. The fourth-order valence-corrected chi connectivity index (χ4v) is 3.92. The van der Waals surface area contributed by atoms with Gasteiger partial charge in [-0.2, -0.15) is 0 Å². The van der Waals surface area contributed by atoms with E-state index in [4.69, 9.17) is 0 Å². The largest absolute Gasteiger partial charge is 0.274 e. The van der Waals surface area contributed by atoms with E-state index in [-0.39, 0.29) is 17.7 Å². The monoisotopic (exact) mass is 286 g/mol. The molecule has 1 spiro atoms. The molecule has 2 amide bonds. The summed E-state index contributed by atoms with van der Waals surface area (Å²) in [6, 6.07) is 3.78. The number of imide groups is 1. The standard InChI is InChI=1S/C17H22N2O2/c1-11-8-13(3)18-14(9-11)19-15(20)10-17(16(19)21)7-5-4-6-12(17)2/h8-9,12H,4-7,10H2,1-3H3. The van der Waals surface area contributed by atoms with Crippen molar-refractivity contribution >= 4 is 17.6 Å². The summed E-state index contributed by atoms with van der Waals surface area (Å²) in [6.45, 7) is 5.96. The number of aromatic nitrogens is 1. The van der Waals surface area contributed by atoms with Crippen LogP contribution in [0.2, 0.25) is 0 Å². The highest BCUT2D eigenvalue weighted by Crippen LogP contribution is 2.49. The quantitative estimate of drug-likeness (QED) is 0.745. The van der Waals surface area contributed by atoms with E-state index in [0.717, 1.165) is 36.9 Å². The minimum atomic E-state index is -0.478. The number of hydrogen-bond acceptors (Lipinski definition) is 3. The summed E-state index contributed by atoms with van der Waals surface area (Å²) in [4.78, 5) is 31.2. The van der Waals surface area contributed by atoms with Gasteiger partial charge in [-0.05, 0) is 50.3 Å². The molecule has 21 heavy (non-hydrogen) atoms. The molecule has 2 aliphatic rings. The first-order valence-corrected chi connectivity index (χ1v) is 7.77. The number of carbonyl (C=O) groups is 2. The van der Waals surface area contributed by atoms with E-state index in [2.05, 4.69) is 11.9 Å². The second-order valence-corrected chi connectivity index (χ2v) is 6.66. The Hall–Kier alpha value is -1.71. The normalized spacial score (nSPS) is 29.5. The summed E-state index contributed by atoms with van der Waals surface area (Å²) >= 11 is 0. The molecule has 112 valence electrons. The molecule has 0 bridgehead atoms. The molecule has 2 heterocycles. The molecule has 1 aliphatic heterocycles. The maximum Gasteiger partial charge on any atom is 0.241 e. The predicted molar refractivity (Wildman–Crippen MR) is 80.9 cm³/mol. The van der Waals surface area contributed by atoms with Gasteiger partial charge in [0.05, 0.1) is 5.41 Å². The van der Waals surface area contributed by atoms with Crippen LogP contribution in [0.4, 0.5) is 5.82 Å². The van der Waals surface area contributed by atoms with Gasteiger partial charge in [-0.15, -0.1) is 0 Å². The molecule has 1 aromatic heterocycles. The van der Waals surface area contributed by atoms with Gasteiger partial charge < -0.3 is 0 Å². The van der Waals surface area contributed by atoms with Gasteiger partial charge in [0, 0.05) is 12.1 Å². The highest BCUT2D eigenvalue weighted by atomic mass is 16.2. The molecule has 1 aliphatic carbocycles. The zero-order chi connectivity index (χ0) is 15.2. The Balaban J connectivity index is 2.01. The average molecular weight is 286 g/mol. The molecule has 3 rings (SSSR count). The fraction of sp³-hybridized carbons (Fsp3) is 0.588. The highest BCUT2D eigenvalue weighted by Gasteiger charge is 2.55. The Morgan fingerprint density at radius 3 is 2.67 bits per heavy atom. The van der Waals surface area contributed by atoms with Crippen LogP contribution in [0.5, 0.6) is 0 Å². The number of nitrogens with zero attached hydrogens (tertiary/aromatic N) is 2. The van der Waals surface area contributed by atoms with Crippen molar-refractivity contribution in [2.45, 2.75) is 52.9 Å². The van der Waals surface area contributed by atoms with Gasteiger partial charge in [-0.1, -0.05) is 19.8 Å². The van der Waals surface area contributed by atoms with Gasteiger partial charge in [-0.25, -0.2) is 9.88 Å². The minimum absolute atomic E-state index is 0.0304. The van der Waals surface area contributed by atoms with Crippen molar-refractivity contribution in [3.63, 3.8) is 0 Å². The number of hydrogen-bond donors (Lipinski definition) is 0. The summed E-state index contributed by atoms with van der Waals surface area (Å²) in [6.07, 6.45) is 4.42. The van der Waals surface area contributed by atoms with Crippen molar-refractivity contribution in [3.8, 4) is 0 Å². The molecule has 1 saturated heterocycles. The first-order valence-electron chi connectivity index (χ1n) is 7.77. The zero-order valence-corrected chi connectivity index (χ0v) is 13.0. The third-order valence-corrected chi connectivity index (χ3v) is 5.11. The van der Waals surface area contributed by atoms with Gasteiger partial charge in [-0.3, -0.25) is 9.59 Å². The maximum atomic E-state index is 13.0. The van der Waals surface area contributed by atoms with Crippen LogP contribution in [0.1, 0.15) is 50.3 Å². The zero-order valence-electron chi connectivity index (χ0n) is 13.0. The van der Waals surface area contributed by atoms with Crippen molar-refractivity contribution in [2.75, 3.05) is 4.90 Å². The molecule has 2 fully saturated rings. The summed E-state index contributed by atoms with van der Waals surface area (Å²) in [5.41, 5.74) is 1.38. The van der Waals surface area contributed by atoms with Crippen molar-refractivity contribution in [3.05, 3.63) is 23.4 Å². The van der Waals surface area contributed by atoms with E-state index in [9.17, 15) is 9.59 Å². The summed E-state index contributed by atoms with van der Waals surface area (Å²) in [5, 5.41) is 0. The van der Waals surface area contributed by atoms with Gasteiger partial charge in [0.2, 0.25) is 11.8 Å². The lowest BCUT2D eigenvalue weighted by atomic mass is 9.66. The van der Waals surface area contributed by atoms with E-state index >= 15 is 0 Å². The number of carbonyl (C=O) groups excluding carboxylic acids is 2. The minimum Gasteiger partial charge on any atom is -0.274 e. The van der Waals surface area contributed by atoms with Gasteiger partial charge in [0.1, 0.15) is 5.82 Å². The lowest BCUT2D eigenvalue weighted by molar-refractivity contribution is -0.129. The van der Waals surface area contributed by atoms with Gasteiger partial charge >= 0.3 is 0 Å². The summed E-state index contributed by atoms with van der Waals surface area (Å²) < 4.78 is 0. The average Bonchev–Trinajstić information content (AvgIpc) is 2.64. The molecule has 2 atom stereocenters. The molecule has 0 N–H and O–H groups in total. The van der Waals surface area contributed by atoms with E-state index < -0.39 is 5.41 Å². The number of amides is 2. The number of rotatable bonds is 1. The van der Waals surface area contributed by atoms with E-state index in [1.165, 1.54) is 4.90 Å². The molecule has 0 radical (unpaired) electrons. The van der Waals surface area contributed by atoms with Crippen molar-refractivity contribution in [2.24, 2.45) is 11.3 Å². The first kappa shape index (κ1) is 14.2. The first-order chi connectivity index (χ1) is 9.94. The third kappa shape index (κ3) is 2.17. The molecule has 1 saturated carbocycles. The van der Waals surface area contributed by atoms with Crippen molar-refractivity contribution in [1.82, 2.24) is 4.98 Å². The number of anilines is 1. The van der Waals surface area contributed by atoms with E-state index in [0.29, 0.717) is 12.2 Å². The Kier molecular flexibility index (Phi) is 3.34. The SMILES string of the molecule is Cc1cc(C)nc(N2C(=O)CC3(CCCCC3C)C2=O)c1. The van der Waals surface area contributed by atoms with Crippen LogP contribution in [0, 0.1) is 25.2 Å². The van der Waals surface area contributed by atoms with Gasteiger partial charge in [0.15, 0.2) is 0 Å². The van der Waals surface area contributed by atoms with Crippen LogP contribution in [0.25, 0.3) is 0 Å². The third-order valence-electron chi connectivity index (χ3n) is 5.11. The van der Waals surface area contributed by atoms with Crippen LogP contribution < -0.4 is 4.90 Å². The summed E-state index contributed by atoms with van der Waals surface area (Å²) in [7, 11) is 0. The smallest absolute Gasteiger partial charge is 0.241 e. The van der Waals surface area contributed by atoms with Crippen molar-refractivity contribution in [1.29, 1.82) is 0 Å². The van der Waals surface area contributed by atoms with Crippen molar-refractivity contribution < 1.29 is 9.59 Å². The highest BCUT2D eigenvalue weighted by molar-refractivity contribution is 6.22. The fourth-order valence-electron chi connectivity index (χ4n) is 3.92. The van der Waals surface area contributed by atoms with E-state index in [1.54, 1.807) is 0 Å². The Morgan fingerprint density at radius 2 is 2.00 bits per heavy atom. The van der Waals surface area contributed by atoms with Crippen LogP contribution >= 0.6 is 0 Å². The van der Waals surface area contributed by atoms with Crippen LogP contribution in [-0.2, 0) is 9.59 Å². The maximum absolute atomic E-state index is 13.0. The summed E-state index contributed by atoms with van der Waals surface area (Å²) in [5.74, 6) is 0.652. The molecule has 4 nitrogen and oxygen atoms in total. The van der Waals surface area contributed by atoms with Gasteiger partial charge in [0.25, 0.3) is 0 Å². The second-order valence-electron chi connectivity index (χ2n) is 6.66. The molecule has 0 aromatic carbocycles.